The van der Waals surface area contributed by atoms with Crippen LogP contribution in [-0.4, -0.2) is 35.2 Å². The maximum atomic E-state index is 13.2. The molecule has 7 nitrogen and oxygen atoms in total. The molecular weight excluding hydrogens is 957 g/mol. The Morgan fingerprint density at radius 2 is 0.855 bits per heavy atom. The van der Waals surface area contributed by atoms with E-state index in [2.05, 4.69) is 109 Å². The Hall–Kier alpha value is -7.65. The first kappa shape index (κ1) is 41.1. The van der Waals surface area contributed by atoms with Gasteiger partial charge in [0.05, 0.1) is 22.1 Å². The molecule has 0 atom stereocenters. The van der Waals surface area contributed by atoms with Gasteiger partial charge >= 0.3 is 5.97 Å². The van der Waals surface area contributed by atoms with Crippen LogP contribution in [0.2, 0.25) is 0 Å². The van der Waals surface area contributed by atoms with Crippen LogP contribution in [0.15, 0.2) is 195 Å². The van der Waals surface area contributed by atoms with Crippen LogP contribution < -0.4 is 0 Å². The summed E-state index contributed by atoms with van der Waals surface area (Å²) in [5, 5.41) is 13.2. The van der Waals surface area contributed by atoms with Gasteiger partial charge in [-0.2, -0.15) is 0 Å². The van der Waals surface area contributed by atoms with Crippen LogP contribution in [-0.2, 0) is 20.1 Å². The van der Waals surface area contributed by atoms with E-state index in [1.165, 1.54) is 58.1 Å². The van der Waals surface area contributed by atoms with Crippen molar-refractivity contribution in [1.82, 2.24) is 24.1 Å². The molecule has 11 rings (SSSR count). The Labute approximate surface area is 368 Å². The molecule has 0 aliphatic carbocycles. The smallest absolute Gasteiger partial charge is 0.354 e. The second kappa shape index (κ2) is 18.3. The average Bonchev–Trinajstić information content (AvgIpc) is 3.84. The minimum absolute atomic E-state index is 0. The molecule has 0 saturated carbocycles. The molecular formula is C52H33F2IrN5O2-2. The summed E-state index contributed by atoms with van der Waals surface area (Å²) < 4.78 is 30.9. The molecule has 6 aromatic carbocycles. The van der Waals surface area contributed by atoms with Gasteiger partial charge < -0.3 is 24.2 Å². The normalized spacial score (nSPS) is 10.7. The molecule has 0 spiro atoms. The number of carboxylic acid groups (broad SMARTS) is 1. The topological polar surface area (TPSA) is 85.8 Å². The number of hydrogen-bond donors (Lipinski definition) is 1. The molecule has 0 bridgehead atoms. The van der Waals surface area contributed by atoms with Gasteiger partial charge in [-0.1, -0.05) is 91.0 Å². The van der Waals surface area contributed by atoms with E-state index in [1.807, 2.05) is 48.5 Å². The van der Waals surface area contributed by atoms with Crippen molar-refractivity contribution in [2.45, 2.75) is 0 Å². The largest absolute Gasteiger partial charge is 0.477 e. The van der Waals surface area contributed by atoms with E-state index in [0.717, 1.165) is 56.0 Å². The van der Waals surface area contributed by atoms with Crippen molar-refractivity contribution in [2.24, 2.45) is 0 Å². The third-order valence-corrected chi connectivity index (χ3v) is 10.1. The quantitative estimate of drug-likeness (QED) is 0.174. The number of nitrogens with zero attached hydrogens (tertiary/aromatic N) is 5. The van der Waals surface area contributed by atoms with Crippen LogP contribution >= 0.6 is 0 Å². The third-order valence-electron chi connectivity index (χ3n) is 10.1. The molecule has 303 valence electrons. The van der Waals surface area contributed by atoms with E-state index in [9.17, 15) is 13.6 Å². The number of aromatic nitrogens is 5. The number of benzene rings is 6. The van der Waals surface area contributed by atoms with Crippen LogP contribution in [0, 0.1) is 23.8 Å². The van der Waals surface area contributed by atoms with Gasteiger partial charge in [-0.05, 0) is 59.9 Å². The summed E-state index contributed by atoms with van der Waals surface area (Å²) in [7, 11) is 0. The van der Waals surface area contributed by atoms with Gasteiger partial charge in [0, 0.05) is 83.3 Å². The first-order valence-corrected chi connectivity index (χ1v) is 19.3. The number of carbonyl (C=O) groups is 1. The summed E-state index contributed by atoms with van der Waals surface area (Å²) in [5.41, 5.74) is 9.79. The van der Waals surface area contributed by atoms with Gasteiger partial charge in [0.25, 0.3) is 0 Å². The minimum atomic E-state index is -0.990. The van der Waals surface area contributed by atoms with Crippen molar-refractivity contribution >= 4 is 49.6 Å². The molecule has 0 aliphatic rings. The maximum absolute atomic E-state index is 13.2. The summed E-state index contributed by atoms with van der Waals surface area (Å²) in [4.78, 5) is 22.6. The van der Waals surface area contributed by atoms with E-state index in [1.54, 1.807) is 36.7 Å². The Morgan fingerprint density at radius 3 is 1.18 bits per heavy atom. The van der Waals surface area contributed by atoms with Crippen LogP contribution in [0.25, 0.3) is 77.5 Å². The van der Waals surface area contributed by atoms with E-state index >= 15 is 0 Å². The SMILES string of the molecule is Fc1c[c-]c(-c2cc(-n3c4ccccc4c4ccccc43)ccn2)cc1.Fc1c[c-]c(-c2cc(-n3c4ccccc4c4ccccc43)ccn2)cc1.O=C(O)c1ccccn1.[Ir]. The zero-order valence-electron chi connectivity index (χ0n) is 32.7. The van der Waals surface area contributed by atoms with Gasteiger partial charge in [0.1, 0.15) is 5.69 Å². The predicted molar refractivity (Wildman–Crippen MR) is 237 cm³/mol. The molecule has 5 aromatic heterocycles. The maximum Gasteiger partial charge on any atom is 0.354 e. The number of fused-ring (bicyclic) bond motifs is 6. The summed E-state index contributed by atoms with van der Waals surface area (Å²) in [6, 6.07) is 61.1. The zero-order chi connectivity index (χ0) is 41.7. The van der Waals surface area contributed by atoms with E-state index < -0.39 is 5.97 Å². The number of halogens is 2. The monoisotopic (exact) mass is 990 g/mol. The second-order valence-corrected chi connectivity index (χ2v) is 13.9. The van der Waals surface area contributed by atoms with Crippen LogP contribution in [0.5, 0.6) is 0 Å². The molecule has 1 radical (unpaired) electrons. The molecule has 0 aliphatic heterocycles. The summed E-state index contributed by atoms with van der Waals surface area (Å²) >= 11 is 0. The Kier molecular flexibility index (Phi) is 12.1. The van der Waals surface area contributed by atoms with Crippen LogP contribution in [0.1, 0.15) is 10.5 Å². The number of para-hydroxylation sites is 4. The summed E-state index contributed by atoms with van der Waals surface area (Å²) in [5.74, 6) is -1.59. The summed E-state index contributed by atoms with van der Waals surface area (Å²) in [6.45, 7) is 0. The average molecular weight is 990 g/mol. The Bertz CT molecular complexity index is 3010. The fourth-order valence-electron chi connectivity index (χ4n) is 7.43. The van der Waals surface area contributed by atoms with Gasteiger partial charge in [-0.25, -0.2) is 9.78 Å². The predicted octanol–water partition coefficient (Wildman–Crippen LogP) is 12.3. The molecule has 10 heteroatoms. The third kappa shape index (κ3) is 8.38. The molecule has 0 amide bonds. The van der Waals surface area contributed by atoms with Crippen LogP contribution in [0.4, 0.5) is 8.78 Å². The van der Waals surface area contributed by atoms with Crippen molar-refractivity contribution in [3.63, 3.8) is 0 Å². The van der Waals surface area contributed by atoms with Crippen molar-refractivity contribution in [2.75, 3.05) is 0 Å². The van der Waals surface area contributed by atoms with Crippen LogP contribution in [0.3, 0.4) is 0 Å². The first-order chi connectivity index (χ1) is 29.9. The zero-order valence-corrected chi connectivity index (χ0v) is 35.1. The van der Waals surface area contributed by atoms with Gasteiger partial charge in [0.2, 0.25) is 0 Å². The van der Waals surface area contributed by atoms with E-state index in [0.29, 0.717) is 0 Å². The number of carboxylic acids is 1. The van der Waals surface area contributed by atoms with Crippen molar-refractivity contribution in [3.8, 4) is 33.9 Å². The van der Waals surface area contributed by atoms with E-state index in [4.69, 9.17) is 5.11 Å². The molecule has 5 heterocycles. The molecule has 0 saturated heterocycles. The van der Waals surface area contributed by atoms with Crippen molar-refractivity contribution < 1.29 is 38.8 Å². The Balaban J connectivity index is 0.000000141. The summed E-state index contributed by atoms with van der Waals surface area (Å²) in [6.07, 6.45) is 5.01. The molecule has 0 unspecified atom stereocenters. The fraction of sp³-hybridized carbons (Fsp3) is 0. The minimum Gasteiger partial charge on any atom is -0.477 e. The first-order valence-electron chi connectivity index (χ1n) is 19.3. The van der Waals surface area contributed by atoms with Crippen molar-refractivity contribution in [1.29, 1.82) is 0 Å². The molecule has 11 aromatic rings. The van der Waals surface area contributed by atoms with E-state index in [-0.39, 0.29) is 37.4 Å². The second-order valence-electron chi connectivity index (χ2n) is 13.9. The fourth-order valence-corrected chi connectivity index (χ4v) is 7.43. The number of aromatic carboxylic acids is 1. The molecule has 62 heavy (non-hydrogen) atoms. The van der Waals surface area contributed by atoms with Crippen molar-refractivity contribution in [3.05, 3.63) is 224 Å². The Morgan fingerprint density at radius 1 is 0.468 bits per heavy atom. The standard InChI is InChI=1S/2C23H14FN2.C6H5NO2.Ir/c2*24-17-11-9-16(10-12-17)21-15-18(13-14-25-21)26-22-7-3-1-5-19(22)20-6-2-4-8-23(20)26;8-6(9)5-3-1-2-4-7-5;/h2*1-9,11-15H;1-4H,(H,8,9);/q2*-1;;. The van der Waals surface area contributed by atoms with Gasteiger partial charge in [-0.15, -0.1) is 59.7 Å². The van der Waals surface area contributed by atoms with Gasteiger partial charge in [0.15, 0.2) is 0 Å². The number of rotatable bonds is 5. The van der Waals surface area contributed by atoms with Gasteiger partial charge in [-0.3, -0.25) is 8.78 Å². The molecule has 0 fully saturated rings. The number of hydrogen-bond acceptors (Lipinski definition) is 4. The molecule has 1 N–H and O–H groups in total. The number of pyridine rings is 3.